The third-order valence-electron chi connectivity index (χ3n) is 7.62. The number of aliphatic hydroxyl groups excluding tert-OH is 2. The smallest absolute Gasteiger partial charge is 0.409 e. The molecule has 5 aromatic rings. The van der Waals surface area contributed by atoms with Crippen LogP contribution in [0.1, 0.15) is 35.1 Å². The lowest BCUT2D eigenvalue weighted by atomic mass is 9.98. The van der Waals surface area contributed by atoms with Crippen molar-refractivity contribution in [3.05, 3.63) is 131 Å². The van der Waals surface area contributed by atoms with Crippen molar-refractivity contribution < 1.29 is 60.4 Å². The van der Waals surface area contributed by atoms with Gasteiger partial charge in [-0.05, 0) is 92.6 Å². The quantitative estimate of drug-likeness (QED) is 0.0726. The zero-order chi connectivity index (χ0) is 42.1. The van der Waals surface area contributed by atoms with Gasteiger partial charge in [0, 0.05) is 0 Å². The standard InChI is InChI=1S/C22H23NO5S.C8H11NO3S.C7H8ClO2S.CH5NO/c1-15-4-10-21(11-5-15)29(25,26)23-14-28-22(24)16(2)17-6-7-19-13-20(27-3)9-8-18(19)12-17;1-7-2-4-8(5-3-7)13(11,12)9-6-10;1-6-2-4-7(5-3-6)11(8,9)10;2-1-3/h4-13,16,23H,14H2,1-3H3;2-5,9-10H,6H2,1H3;2-5,8H,1H3;3H,1-2H2/q;;+1;. The Balaban J connectivity index is 0.000000329. The van der Waals surface area contributed by atoms with Gasteiger partial charge in [-0.1, -0.05) is 77.4 Å². The molecular weight excluding hydrogens is 806 g/mol. The highest BCUT2D eigenvalue weighted by molar-refractivity contribution is 7.89. The van der Waals surface area contributed by atoms with E-state index in [9.17, 15) is 30.0 Å². The van der Waals surface area contributed by atoms with Crippen LogP contribution in [0.5, 0.6) is 5.75 Å². The van der Waals surface area contributed by atoms with Gasteiger partial charge >= 0.3 is 15.0 Å². The molecule has 5 aromatic carbocycles. The van der Waals surface area contributed by atoms with E-state index in [-0.39, 0.29) is 21.4 Å². The number of benzene rings is 5. The first-order chi connectivity index (χ1) is 26.3. The van der Waals surface area contributed by atoms with E-state index >= 15 is 0 Å². The number of fused-ring (bicyclic) bond motifs is 1. The van der Waals surface area contributed by atoms with Crippen molar-refractivity contribution >= 4 is 45.8 Å². The predicted octanol–water partition coefficient (Wildman–Crippen LogP) is 3.82. The molecule has 0 saturated heterocycles. The number of sulfonamides is 2. The fraction of sp³-hybridized carbons (Fsp3) is 0.237. The molecule has 0 bridgehead atoms. The fourth-order valence-electron chi connectivity index (χ4n) is 4.47. The van der Waals surface area contributed by atoms with Gasteiger partial charge in [-0.25, -0.2) is 16.8 Å². The zero-order valence-electron chi connectivity index (χ0n) is 31.4. The summed E-state index contributed by atoms with van der Waals surface area (Å²) in [6, 6.07) is 30.7. The van der Waals surface area contributed by atoms with E-state index in [2.05, 4.69) is 21.1 Å². The second kappa shape index (κ2) is 22.3. The maximum Gasteiger partial charge on any atom is 0.409 e. The minimum atomic E-state index is -3.74. The van der Waals surface area contributed by atoms with E-state index in [0.29, 0.717) is 0 Å². The summed E-state index contributed by atoms with van der Waals surface area (Å²) < 4.78 is 83.2. The molecular formula is C38H47ClN3O11S3+. The minimum Gasteiger partial charge on any atom is -0.497 e. The van der Waals surface area contributed by atoms with Crippen LogP contribution in [-0.2, 0) is 38.6 Å². The Bertz CT molecular complexity index is 2340. The number of aryl methyl sites for hydroxylation is 3. The van der Waals surface area contributed by atoms with Gasteiger partial charge < -0.3 is 25.4 Å². The Labute approximate surface area is 332 Å². The number of methoxy groups -OCH3 is 1. The fourth-order valence-corrected chi connectivity index (χ4v) is 6.98. The van der Waals surface area contributed by atoms with Crippen molar-refractivity contribution in [2.45, 2.75) is 48.3 Å². The number of esters is 1. The maximum absolute atomic E-state index is 12.4. The predicted molar refractivity (Wildman–Crippen MR) is 211 cm³/mol. The lowest BCUT2D eigenvalue weighted by Crippen LogP contribution is -2.29. The maximum atomic E-state index is 12.4. The number of ether oxygens (including phenoxy) is 2. The molecule has 1 atom stereocenters. The topological polar surface area (TPSA) is 228 Å². The van der Waals surface area contributed by atoms with E-state index in [0.717, 1.165) is 38.8 Å². The van der Waals surface area contributed by atoms with E-state index < -0.39 is 54.4 Å². The van der Waals surface area contributed by atoms with E-state index in [4.69, 9.17) is 19.7 Å². The van der Waals surface area contributed by atoms with Crippen molar-refractivity contribution in [1.29, 1.82) is 0 Å². The van der Waals surface area contributed by atoms with Gasteiger partial charge in [-0.3, -0.25) is 4.79 Å². The molecule has 6 N–H and O–H groups in total. The molecule has 0 spiro atoms. The molecule has 0 aromatic heterocycles. The highest BCUT2D eigenvalue weighted by Crippen LogP contribution is 2.26. The van der Waals surface area contributed by atoms with Crippen LogP contribution in [0, 0.1) is 31.5 Å². The first kappa shape index (κ1) is 47.7. The van der Waals surface area contributed by atoms with Crippen LogP contribution >= 0.6 is 0 Å². The molecule has 0 saturated carbocycles. The summed E-state index contributed by atoms with van der Waals surface area (Å²) in [7, 11) is -4.82. The highest BCUT2D eigenvalue weighted by atomic mass is 35.7. The third-order valence-corrected chi connectivity index (χ3v) is 11.8. The van der Waals surface area contributed by atoms with E-state index in [1.807, 2.05) is 61.9 Å². The molecule has 56 heavy (non-hydrogen) atoms. The van der Waals surface area contributed by atoms with Gasteiger partial charge in [-0.2, -0.15) is 17.9 Å². The minimum absolute atomic E-state index is 0.122. The molecule has 304 valence electrons. The number of nitrogens with two attached hydrogens (primary N) is 1. The van der Waals surface area contributed by atoms with Crippen LogP contribution in [0.25, 0.3) is 10.8 Å². The molecule has 0 fully saturated rings. The molecule has 14 nitrogen and oxygen atoms in total. The number of rotatable bonds is 11. The molecule has 0 aliphatic carbocycles. The Morgan fingerprint density at radius 2 is 1.09 bits per heavy atom. The van der Waals surface area contributed by atoms with Crippen LogP contribution in [0.4, 0.5) is 0 Å². The normalized spacial score (nSPS) is 11.7. The van der Waals surface area contributed by atoms with Gasteiger partial charge in [0.2, 0.25) is 20.0 Å². The molecule has 18 heteroatoms. The summed E-state index contributed by atoms with van der Waals surface area (Å²) in [4.78, 5) is 12.8. The number of halogens is 1. The lowest BCUT2D eigenvalue weighted by molar-refractivity contribution is -0.165. The molecule has 0 radical (unpaired) electrons. The second-order valence-corrected chi connectivity index (χ2v) is 18.1. The average molecular weight is 853 g/mol. The first-order valence-corrected chi connectivity index (χ1v) is 22.0. The monoisotopic (exact) mass is 852 g/mol. The van der Waals surface area contributed by atoms with E-state index in [1.165, 1.54) is 36.4 Å². The Morgan fingerprint density at radius 3 is 1.52 bits per heavy atom. The second-order valence-electron chi connectivity index (χ2n) is 11.8. The summed E-state index contributed by atoms with van der Waals surface area (Å²) in [5.41, 5.74) is 8.16. The number of carbonyl (C=O) groups is 1. The summed E-state index contributed by atoms with van der Waals surface area (Å²) in [6.45, 7) is 6.09. The lowest BCUT2D eigenvalue weighted by Gasteiger charge is -2.14. The third kappa shape index (κ3) is 15.6. The average Bonchev–Trinajstić information content (AvgIpc) is 3.15. The Morgan fingerprint density at radius 1 is 0.679 bits per heavy atom. The number of hydrogen-bond donors (Lipinski definition) is 5. The molecule has 0 aliphatic heterocycles. The van der Waals surface area contributed by atoms with Gasteiger partial charge in [0.05, 0.1) is 29.5 Å². The van der Waals surface area contributed by atoms with Crippen molar-refractivity contribution in [2.75, 3.05) is 27.3 Å². The van der Waals surface area contributed by atoms with Crippen LogP contribution in [0.15, 0.2) is 124 Å². The van der Waals surface area contributed by atoms with Gasteiger partial charge in [-0.15, -0.1) is 0 Å². The van der Waals surface area contributed by atoms with Crippen LogP contribution in [-0.4, -0.2) is 68.7 Å². The molecule has 5 rings (SSSR count). The number of carbonyl (C=O) groups excluding carboxylic acids is 1. The van der Waals surface area contributed by atoms with Crippen LogP contribution < -0.4 is 19.9 Å². The Kier molecular flexibility index (Phi) is 19.0. The molecule has 1 unspecified atom stereocenters. The number of nitrogens with one attached hydrogen (secondary N) is 2. The molecule has 0 heterocycles. The SMILES string of the molecule is COc1ccc2cc(C(C)C(=O)OCNS(=O)(=O)c3ccc(C)cc3)ccc2c1.Cc1ccc(S(=O)(=O)NCO)cc1.Cc1ccc(S(=O)(=O)[ClH+])cc1.NCO. The van der Waals surface area contributed by atoms with Crippen LogP contribution in [0.3, 0.4) is 0 Å². The Hall–Kier alpha value is -4.43. The van der Waals surface area contributed by atoms with Crippen molar-refractivity contribution in [3.8, 4) is 5.75 Å². The number of aliphatic hydroxyl groups is 2. The van der Waals surface area contributed by atoms with Gasteiger partial charge in [0.15, 0.2) is 6.73 Å². The summed E-state index contributed by atoms with van der Waals surface area (Å²) in [6.07, 6.45) is 0. The largest absolute Gasteiger partial charge is 0.497 e. The summed E-state index contributed by atoms with van der Waals surface area (Å²) in [5, 5.41) is 17.7. The summed E-state index contributed by atoms with van der Waals surface area (Å²) in [5.74, 6) is -0.284. The van der Waals surface area contributed by atoms with Gasteiger partial charge in [0.25, 0.3) is 10.7 Å². The molecule has 0 aliphatic rings. The van der Waals surface area contributed by atoms with Crippen LogP contribution in [0.2, 0.25) is 0 Å². The summed E-state index contributed by atoms with van der Waals surface area (Å²) >= 11 is 0. The van der Waals surface area contributed by atoms with Crippen molar-refractivity contribution in [2.24, 2.45) is 5.73 Å². The van der Waals surface area contributed by atoms with Gasteiger partial charge in [0.1, 0.15) is 17.4 Å². The first-order valence-electron chi connectivity index (χ1n) is 16.6. The molecule has 0 amide bonds. The van der Waals surface area contributed by atoms with Crippen molar-refractivity contribution in [1.82, 2.24) is 9.44 Å². The van der Waals surface area contributed by atoms with E-state index in [1.54, 1.807) is 50.4 Å². The zero-order valence-corrected chi connectivity index (χ0v) is 34.6. The highest BCUT2D eigenvalue weighted by Gasteiger charge is 2.20. The van der Waals surface area contributed by atoms with Crippen molar-refractivity contribution in [3.63, 3.8) is 0 Å². The number of hydrogen-bond acceptors (Lipinski definition) is 12.